The van der Waals surface area contributed by atoms with Crippen molar-refractivity contribution in [3.05, 3.63) is 54.1 Å². The Hall–Kier alpha value is -3.42. The fraction of sp³-hybridized carbons (Fsp3) is 0.222. The second-order valence-corrected chi connectivity index (χ2v) is 5.49. The Labute approximate surface area is 150 Å². The third-order valence-corrected chi connectivity index (χ3v) is 3.81. The van der Waals surface area contributed by atoms with E-state index < -0.39 is 5.97 Å². The summed E-state index contributed by atoms with van der Waals surface area (Å²) in [5, 5.41) is 13.5. The van der Waals surface area contributed by atoms with E-state index >= 15 is 0 Å². The molecule has 0 unspecified atom stereocenters. The molecule has 8 heteroatoms. The summed E-state index contributed by atoms with van der Waals surface area (Å²) in [5.74, 6) is 1.31. The van der Waals surface area contributed by atoms with Crippen LogP contribution in [-0.4, -0.2) is 45.0 Å². The van der Waals surface area contributed by atoms with Gasteiger partial charge in [-0.1, -0.05) is 6.07 Å². The second-order valence-electron chi connectivity index (χ2n) is 5.49. The molecule has 2 heterocycles. The smallest absolute Gasteiger partial charge is 0.325 e. The van der Waals surface area contributed by atoms with Crippen molar-refractivity contribution in [2.75, 3.05) is 14.2 Å². The van der Waals surface area contributed by atoms with Gasteiger partial charge in [-0.2, -0.15) is 5.10 Å². The van der Waals surface area contributed by atoms with E-state index in [4.69, 9.17) is 14.6 Å². The number of aromatic nitrogens is 4. The lowest BCUT2D eigenvalue weighted by molar-refractivity contribution is -0.137. The minimum absolute atomic E-state index is 0.272. The zero-order valence-corrected chi connectivity index (χ0v) is 14.4. The summed E-state index contributed by atoms with van der Waals surface area (Å²) >= 11 is 0. The van der Waals surface area contributed by atoms with Crippen LogP contribution in [0, 0.1) is 0 Å². The zero-order valence-electron chi connectivity index (χ0n) is 14.4. The summed E-state index contributed by atoms with van der Waals surface area (Å²) in [4.78, 5) is 19.7. The molecule has 3 aromatic rings. The molecular weight excluding hydrogens is 336 g/mol. The van der Waals surface area contributed by atoms with Crippen molar-refractivity contribution >= 4 is 5.97 Å². The highest BCUT2D eigenvalue weighted by molar-refractivity contribution is 5.66. The van der Waals surface area contributed by atoms with Crippen molar-refractivity contribution in [3.8, 4) is 22.9 Å². The SMILES string of the molecule is COc1ccc(Cc2nc(-c3ccncc3)nn2CC(=O)O)c(OC)c1. The number of benzene rings is 1. The molecule has 0 fully saturated rings. The number of aliphatic carboxylic acids is 1. The molecule has 0 atom stereocenters. The number of rotatable bonds is 7. The van der Waals surface area contributed by atoms with Gasteiger partial charge in [-0.25, -0.2) is 9.67 Å². The van der Waals surface area contributed by atoms with E-state index in [0.29, 0.717) is 29.6 Å². The molecule has 0 bridgehead atoms. The molecule has 0 saturated heterocycles. The van der Waals surface area contributed by atoms with Crippen LogP contribution < -0.4 is 9.47 Å². The number of carboxylic acid groups (broad SMARTS) is 1. The molecular formula is C18H18N4O4. The van der Waals surface area contributed by atoms with Crippen molar-refractivity contribution < 1.29 is 19.4 Å². The van der Waals surface area contributed by atoms with Gasteiger partial charge < -0.3 is 14.6 Å². The van der Waals surface area contributed by atoms with Crippen molar-refractivity contribution in [2.24, 2.45) is 0 Å². The standard InChI is InChI=1S/C18H18N4O4/c1-25-14-4-3-13(15(10-14)26-2)9-16-20-18(12-5-7-19-8-6-12)21-22(16)11-17(23)24/h3-8,10H,9,11H2,1-2H3,(H,23,24). The van der Waals surface area contributed by atoms with E-state index in [1.54, 1.807) is 44.8 Å². The Morgan fingerprint density at radius 3 is 2.58 bits per heavy atom. The summed E-state index contributed by atoms with van der Waals surface area (Å²) < 4.78 is 12.0. The van der Waals surface area contributed by atoms with Gasteiger partial charge >= 0.3 is 5.97 Å². The molecule has 0 spiro atoms. The average Bonchev–Trinajstić information content (AvgIpc) is 3.04. The number of carboxylic acids is 1. The van der Waals surface area contributed by atoms with Crippen molar-refractivity contribution in [2.45, 2.75) is 13.0 Å². The molecule has 0 aliphatic rings. The van der Waals surface area contributed by atoms with Gasteiger partial charge in [0.2, 0.25) is 0 Å². The molecule has 134 valence electrons. The average molecular weight is 354 g/mol. The second kappa shape index (κ2) is 7.64. The van der Waals surface area contributed by atoms with E-state index in [1.807, 2.05) is 12.1 Å². The predicted octanol–water partition coefficient (Wildman–Crippen LogP) is 2.03. The zero-order chi connectivity index (χ0) is 18.5. The molecule has 0 saturated carbocycles. The highest BCUT2D eigenvalue weighted by Gasteiger charge is 2.16. The Morgan fingerprint density at radius 1 is 1.15 bits per heavy atom. The monoisotopic (exact) mass is 354 g/mol. The number of hydrogen-bond donors (Lipinski definition) is 1. The molecule has 1 aromatic carbocycles. The van der Waals surface area contributed by atoms with Crippen LogP contribution in [-0.2, 0) is 17.8 Å². The number of methoxy groups -OCH3 is 2. The third-order valence-electron chi connectivity index (χ3n) is 3.81. The van der Waals surface area contributed by atoms with Gasteiger partial charge in [0.1, 0.15) is 23.9 Å². The predicted molar refractivity (Wildman–Crippen MR) is 93.2 cm³/mol. The van der Waals surface area contributed by atoms with Gasteiger partial charge in [-0.15, -0.1) is 0 Å². The van der Waals surface area contributed by atoms with Gasteiger partial charge in [-0.3, -0.25) is 9.78 Å². The summed E-state index contributed by atoms with van der Waals surface area (Å²) in [6.45, 7) is -0.272. The van der Waals surface area contributed by atoms with E-state index in [0.717, 1.165) is 11.1 Å². The maximum atomic E-state index is 11.2. The first-order valence-electron chi connectivity index (χ1n) is 7.87. The van der Waals surface area contributed by atoms with Gasteiger partial charge in [-0.05, 0) is 18.2 Å². The summed E-state index contributed by atoms with van der Waals surface area (Å²) in [5.41, 5.74) is 1.63. The van der Waals surface area contributed by atoms with Crippen LogP contribution in [0.5, 0.6) is 11.5 Å². The fourth-order valence-corrected chi connectivity index (χ4v) is 2.55. The molecule has 0 aliphatic heterocycles. The fourth-order valence-electron chi connectivity index (χ4n) is 2.55. The Morgan fingerprint density at radius 2 is 1.92 bits per heavy atom. The van der Waals surface area contributed by atoms with Crippen LogP contribution >= 0.6 is 0 Å². The highest BCUT2D eigenvalue weighted by Crippen LogP contribution is 2.27. The molecule has 2 aromatic heterocycles. The maximum absolute atomic E-state index is 11.2. The van der Waals surface area contributed by atoms with Gasteiger partial charge in [0.25, 0.3) is 0 Å². The van der Waals surface area contributed by atoms with Gasteiger partial charge in [0.05, 0.1) is 14.2 Å². The van der Waals surface area contributed by atoms with Crippen LogP contribution in [0.4, 0.5) is 0 Å². The first-order chi connectivity index (χ1) is 12.6. The minimum Gasteiger partial charge on any atom is -0.497 e. The molecule has 26 heavy (non-hydrogen) atoms. The van der Waals surface area contributed by atoms with E-state index in [9.17, 15) is 4.79 Å². The highest BCUT2D eigenvalue weighted by atomic mass is 16.5. The van der Waals surface area contributed by atoms with Crippen LogP contribution in [0.1, 0.15) is 11.4 Å². The van der Waals surface area contributed by atoms with Crippen molar-refractivity contribution in [1.29, 1.82) is 0 Å². The van der Waals surface area contributed by atoms with E-state index in [-0.39, 0.29) is 6.54 Å². The van der Waals surface area contributed by atoms with Crippen LogP contribution in [0.2, 0.25) is 0 Å². The number of pyridine rings is 1. The lowest BCUT2D eigenvalue weighted by Crippen LogP contribution is -2.14. The van der Waals surface area contributed by atoms with Crippen LogP contribution in [0.25, 0.3) is 11.4 Å². The summed E-state index contributed by atoms with van der Waals surface area (Å²) in [7, 11) is 3.15. The lowest BCUT2D eigenvalue weighted by atomic mass is 10.1. The maximum Gasteiger partial charge on any atom is 0.325 e. The van der Waals surface area contributed by atoms with Crippen molar-refractivity contribution in [1.82, 2.24) is 19.7 Å². The first-order valence-corrected chi connectivity index (χ1v) is 7.87. The van der Waals surface area contributed by atoms with Crippen molar-refractivity contribution in [3.63, 3.8) is 0 Å². The van der Waals surface area contributed by atoms with Crippen LogP contribution in [0.3, 0.4) is 0 Å². The lowest BCUT2D eigenvalue weighted by Gasteiger charge is -2.10. The molecule has 0 radical (unpaired) electrons. The van der Waals surface area contributed by atoms with E-state index in [1.165, 1.54) is 4.68 Å². The largest absolute Gasteiger partial charge is 0.497 e. The quantitative estimate of drug-likeness (QED) is 0.693. The Kier molecular flexibility index (Phi) is 5.12. The number of nitrogens with zero attached hydrogens (tertiary/aromatic N) is 4. The molecule has 0 aliphatic carbocycles. The molecule has 0 amide bonds. The number of ether oxygens (including phenoxy) is 2. The molecule has 3 rings (SSSR count). The summed E-state index contributed by atoms with van der Waals surface area (Å²) in [6.07, 6.45) is 3.65. The van der Waals surface area contributed by atoms with Gasteiger partial charge in [0, 0.05) is 36.0 Å². The molecule has 8 nitrogen and oxygen atoms in total. The Bertz CT molecular complexity index is 909. The first kappa shape index (κ1) is 17.4. The third kappa shape index (κ3) is 3.80. The van der Waals surface area contributed by atoms with E-state index in [2.05, 4.69) is 15.1 Å². The molecule has 1 N–H and O–H groups in total. The number of carbonyl (C=O) groups is 1. The normalized spacial score (nSPS) is 10.5. The minimum atomic E-state index is -0.987. The number of hydrogen-bond acceptors (Lipinski definition) is 6. The van der Waals surface area contributed by atoms with Gasteiger partial charge in [0.15, 0.2) is 5.82 Å². The summed E-state index contributed by atoms with van der Waals surface area (Å²) in [6, 6.07) is 9.01. The Balaban J connectivity index is 1.98. The topological polar surface area (TPSA) is 99.4 Å². The van der Waals surface area contributed by atoms with Crippen LogP contribution in [0.15, 0.2) is 42.7 Å².